The monoisotopic (exact) mass is 450 g/mol. The molecule has 1 aromatic heterocycles. The molecule has 0 radical (unpaired) electrons. The second kappa shape index (κ2) is 11.4. The van der Waals surface area contributed by atoms with Crippen molar-refractivity contribution >= 4 is 16.9 Å². The molecule has 0 aliphatic heterocycles. The van der Waals surface area contributed by atoms with Crippen LogP contribution in [-0.4, -0.2) is 27.5 Å². The van der Waals surface area contributed by atoms with Gasteiger partial charge in [-0.25, -0.2) is 4.68 Å². The van der Waals surface area contributed by atoms with E-state index in [4.69, 9.17) is 4.74 Å². The van der Waals surface area contributed by atoms with Crippen molar-refractivity contribution in [2.24, 2.45) is 0 Å². The Bertz CT molecular complexity index is 1030. The SMILES string of the molecule is CCCCCCCCOC(=O)CCc1cc(-n2cc3ccccc3n2)c(O)c(C(C)(C)C)c1. The van der Waals surface area contributed by atoms with Crippen molar-refractivity contribution in [3.8, 4) is 11.4 Å². The summed E-state index contributed by atoms with van der Waals surface area (Å²) in [6.45, 7) is 8.93. The van der Waals surface area contributed by atoms with Gasteiger partial charge in [0.25, 0.3) is 0 Å². The van der Waals surface area contributed by atoms with Crippen LogP contribution in [0.5, 0.6) is 5.75 Å². The van der Waals surface area contributed by atoms with Crippen LogP contribution in [0, 0.1) is 0 Å². The van der Waals surface area contributed by atoms with E-state index in [1.165, 1.54) is 25.7 Å². The Hall–Kier alpha value is -2.82. The van der Waals surface area contributed by atoms with Gasteiger partial charge in [-0.1, -0.05) is 84.1 Å². The minimum Gasteiger partial charge on any atom is -0.505 e. The third-order valence-corrected chi connectivity index (χ3v) is 6.00. The Kier molecular flexibility index (Phi) is 8.54. The first-order valence-corrected chi connectivity index (χ1v) is 12.3. The van der Waals surface area contributed by atoms with Gasteiger partial charge in [-0.05, 0) is 36.0 Å². The van der Waals surface area contributed by atoms with Crippen LogP contribution < -0.4 is 0 Å². The summed E-state index contributed by atoms with van der Waals surface area (Å²) >= 11 is 0. The highest BCUT2D eigenvalue weighted by molar-refractivity contribution is 5.78. The van der Waals surface area contributed by atoms with E-state index in [-0.39, 0.29) is 17.1 Å². The molecular formula is C28H38N2O3. The molecule has 0 amide bonds. The maximum atomic E-state index is 12.3. The van der Waals surface area contributed by atoms with Gasteiger partial charge < -0.3 is 9.84 Å². The van der Waals surface area contributed by atoms with Crippen LogP contribution in [-0.2, 0) is 21.4 Å². The number of hydrogen-bond acceptors (Lipinski definition) is 4. The topological polar surface area (TPSA) is 64.4 Å². The summed E-state index contributed by atoms with van der Waals surface area (Å²) in [4.78, 5) is 12.3. The summed E-state index contributed by atoms with van der Waals surface area (Å²) < 4.78 is 7.17. The molecule has 178 valence electrons. The molecule has 0 fully saturated rings. The van der Waals surface area contributed by atoms with E-state index >= 15 is 0 Å². The van der Waals surface area contributed by atoms with E-state index in [0.29, 0.717) is 25.1 Å². The van der Waals surface area contributed by atoms with Gasteiger partial charge in [0.15, 0.2) is 0 Å². The third-order valence-electron chi connectivity index (χ3n) is 6.00. The molecule has 1 N–H and O–H groups in total. The second-order valence-electron chi connectivity index (χ2n) is 9.88. The zero-order chi connectivity index (χ0) is 23.8. The molecule has 5 nitrogen and oxygen atoms in total. The average molecular weight is 451 g/mol. The number of nitrogens with zero attached hydrogens (tertiary/aromatic N) is 2. The normalized spacial score (nSPS) is 11.8. The highest BCUT2D eigenvalue weighted by atomic mass is 16.5. The number of benzene rings is 2. The number of hydrogen-bond donors (Lipinski definition) is 1. The first-order chi connectivity index (χ1) is 15.8. The number of esters is 1. The number of fused-ring (bicyclic) bond motifs is 1. The third kappa shape index (κ3) is 6.83. The number of aryl methyl sites for hydroxylation is 1. The number of phenols is 1. The number of unbranched alkanes of at least 4 members (excludes halogenated alkanes) is 5. The number of rotatable bonds is 11. The fourth-order valence-electron chi connectivity index (χ4n) is 4.04. The Labute approximate surface area is 197 Å². The zero-order valence-corrected chi connectivity index (χ0v) is 20.6. The van der Waals surface area contributed by atoms with Gasteiger partial charge in [-0.15, -0.1) is 0 Å². The van der Waals surface area contributed by atoms with Crippen molar-refractivity contribution in [3.63, 3.8) is 0 Å². The van der Waals surface area contributed by atoms with E-state index < -0.39 is 0 Å². The zero-order valence-electron chi connectivity index (χ0n) is 20.6. The van der Waals surface area contributed by atoms with E-state index in [2.05, 4.69) is 32.8 Å². The number of aromatic nitrogens is 2. The van der Waals surface area contributed by atoms with Crippen molar-refractivity contribution in [1.82, 2.24) is 9.78 Å². The van der Waals surface area contributed by atoms with Crippen LogP contribution in [0.2, 0.25) is 0 Å². The minimum atomic E-state index is -0.250. The molecule has 0 atom stereocenters. The number of aromatic hydroxyl groups is 1. The first-order valence-electron chi connectivity index (χ1n) is 12.3. The lowest BCUT2D eigenvalue weighted by molar-refractivity contribution is -0.143. The summed E-state index contributed by atoms with van der Waals surface area (Å²) in [6, 6.07) is 11.8. The lowest BCUT2D eigenvalue weighted by atomic mass is 9.84. The van der Waals surface area contributed by atoms with Crippen LogP contribution in [0.15, 0.2) is 42.6 Å². The Morgan fingerprint density at radius 1 is 1.06 bits per heavy atom. The smallest absolute Gasteiger partial charge is 0.306 e. The Morgan fingerprint density at radius 3 is 2.52 bits per heavy atom. The van der Waals surface area contributed by atoms with Crippen molar-refractivity contribution in [3.05, 3.63) is 53.7 Å². The standard InChI is InChI=1S/C28H38N2O3/c1-5-6-7-8-9-12-17-33-26(31)16-15-21-18-23(28(2,3)4)27(32)25(19-21)30-20-22-13-10-11-14-24(22)29-30/h10-11,13-14,18-20,32H,5-9,12,15-17H2,1-4H3. The van der Waals surface area contributed by atoms with Gasteiger partial charge in [0.05, 0.1) is 12.1 Å². The van der Waals surface area contributed by atoms with Crippen molar-refractivity contribution in [2.45, 2.75) is 84.5 Å². The second-order valence-corrected chi connectivity index (χ2v) is 9.88. The Balaban J connectivity index is 1.69. The van der Waals surface area contributed by atoms with Crippen LogP contribution in [0.3, 0.4) is 0 Å². The molecular weight excluding hydrogens is 412 g/mol. The highest BCUT2D eigenvalue weighted by Gasteiger charge is 2.23. The van der Waals surface area contributed by atoms with E-state index in [1.807, 2.05) is 42.6 Å². The maximum absolute atomic E-state index is 12.3. The van der Waals surface area contributed by atoms with Crippen molar-refractivity contribution in [1.29, 1.82) is 0 Å². The van der Waals surface area contributed by atoms with Crippen LogP contribution in [0.4, 0.5) is 0 Å². The molecule has 3 aromatic rings. The Morgan fingerprint density at radius 2 is 1.79 bits per heavy atom. The fourth-order valence-corrected chi connectivity index (χ4v) is 4.04. The molecule has 0 aliphatic carbocycles. The minimum absolute atomic E-state index is 0.166. The maximum Gasteiger partial charge on any atom is 0.306 e. The summed E-state index contributed by atoms with van der Waals surface area (Å²) in [6.07, 6.45) is 9.84. The fraction of sp³-hybridized carbons (Fsp3) is 0.500. The molecule has 0 saturated carbocycles. The molecule has 1 heterocycles. The molecule has 3 rings (SSSR count). The average Bonchev–Trinajstić information content (AvgIpc) is 3.21. The molecule has 5 heteroatoms. The predicted molar refractivity (Wildman–Crippen MR) is 134 cm³/mol. The number of carbonyl (C=O) groups excluding carboxylic acids is 1. The van der Waals surface area contributed by atoms with Gasteiger partial charge in [0.1, 0.15) is 11.4 Å². The van der Waals surface area contributed by atoms with Crippen LogP contribution in [0.25, 0.3) is 16.6 Å². The van der Waals surface area contributed by atoms with Gasteiger partial charge in [-0.3, -0.25) is 4.79 Å². The van der Waals surface area contributed by atoms with Gasteiger partial charge >= 0.3 is 5.97 Å². The number of carbonyl (C=O) groups is 1. The van der Waals surface area contributed by atoms with Gasteiger partial charge in [0, 0.05) is 23.6 Å². The molecule has 0 saturated heterocycles. The molecule has 33 heavy (non-hydrogen) atoms. The number of phenolic OH excluding ortho intramolecular Hbond substituents is 1. The molecule has 0 unspecified atom stereocenters. The van der Waals surface area contributed by atoms with Gasteiger partial charge in [0.2, 0.25) is 0 Å². The van der Waals surface area contributed by atoms with Crippen molar-refractivity contribution in [2.75, 3.05) is 6.61 Å². The quantitative estimate of drug-likeness (QED) is 0.256. The summed E-state index contributed by atoms with van der Waals surface area (Å²) in [5.74, 6) is 0.0602. The van der Waals surface area contributed by atoms with E-state index in [0.717, 1.165) is 34.9 Å². The molecule has 0 spiro atoms. The molecule has 0 aliphatic rings. The first kappa shape index (κ1) is 24.8. The predicted octanol–water partition coefficient (Wildman–Crippen LogP) is 6.86. The summed E-state index contributed by atoms with van der Waals surface area (Å²) in [5.41, 5.74) is 3.09. The van der Waals surface area contributed by atoms with Crippen LogP contribution in [0.1, 0.15) is 83.8 Å². The van der Waals surface area contributed by atoms with E-state index in [9.17, 15) is 9.90 Å². The molecule has 2 aromatic carbocycles. The summed E-state index contributed by atoms with van der Waals surface area (Å²) in [7, 11) is 0. The largest absolute Gasteiger partial charge is 0.505 e. The molecule has 0 bridgehead atoms. The van der Waals surface area contributed by atoms with Crippen LogP contribution >= 0.6 is 0 Å². The lowest BCUT2D eigenvalue weighted by Gasteiger charge is -2.23. The summed E-state index contributed by atoms with van der Waals surface area (Å²) in [5, 5.41) is 16.7. The van der Waals surface area contributed by atoms with E-state index in [1.54, 1.807) is 4.68 Å². The highest BCUT2D eigenvalue weighted by Crippen LogP contribution is 2.37. The van der Waals surface area contributed by atoms with Gasteiger partial charge in [-0.2, -0.15) is 5.10 Å². The van der Waals surface area contributed by atoms with Crippen molar-refractivity contribution < 1.29 is 14.6 Å². The number of ether oxygens (including phenoxy) is 1. The lowest BCUT2D eigenvalue weighted by Crippen LogP contribution is -2.14.